The lowest BCUT2D eigenvalue weighted by Gasteiger charge is -2.20. The molecular formula is C25H29O7PS. The molecule has 0 saturated carbocycles. The van der Waals surface area contributed by atoms with E-state index >= 15 is 0 Å². The molecule has 0 spiro atoms. The van der Waals surface area contributed by atoms with Gasteiger partial charge in [-0.1, -0.05) is 78.4 Å². The second-order valence-corrected chi connectivity index (χ2v) is 11.6. The Balaban J connectivity index is 1.58. The Morgan fingerprint density at radius 1 is 0.824 bits per heavy atom. The van der Waals surface area contributed by atoms with Gasteiger partial charge in [0.25, 0.3) is 10.1 Å². The molecule has 1 unspecified atom stereocenters. The quantitative estimate of drug-likeness (QED) is 0.256. The van der Waals surface area contributed by atoms with Gasteiger partial charge in [0.1, 0.15) is 0 Å². The highest BCUT2D eigenvalue weighted by atomic mass is 32.2. The molecule has 3 rings (SSSR count). The fourth-order valence-corrected chi connectivity index (χ4v) is 5.57. The van der Waals surface area contributed by atoms with Crippen LogP contribution in [0.4, 0.5) is 0 Å². The summed E-state index contributed by atoms with van der Waals surface area (Å²) in [6, 6.07) is 24.8. The summed E-state index contributed by atoms with van der Waals surface area (Å²) in [5.74, 6) is 0. The van der Waals surface area contributed by atoms with Crippen LogP contribution < -0.4 is 0 Å². The molecule has 3 aromatic rings. The van der Waals surface area contributed by atoms with E-state index in [1.807, 2.05) is 67.6 Å². The highest BCUT2D eigenvalue weighted by Gasteiger charge is 2.27. The Labute approximate surface area is 201 Å². The molecular weight excluding hydrogens is 475 g/mol. The Morgan fingerprint density at radius 2 is 1.32 bits per heavy atom. The summed E-state index contributed by atoms with van der Waals surface area (Å²) in [5.41, 5.74) is 2.58. The lowest BCUT2D eigenvalue weighted by Crippen LogP contribution is -2.20. The van der Waals surface area contributed by atoms with Crippen molar-refractivity contribution in [3.05, 3.63) is 102 Å². The van der Waals surface area contributed by atoms with Crippen LogP contribution in [0.3, 0.4) is 0 Å². The molecule has 1 atom stereocenters. The maximum Gasteiger partial charge on any atom is 0.331 e. The van der Waals surface area contributed by atoms with Crippen molar-refractivity contribution < 1.29 is 31.3 Å². The fourth-order valence-electron chi connectivity index (χ4n) is 2.99. The van der Waals surface area contributed by atoms with E-state index in [0.29, 0.717) is 0 Å². The number of aliphatic hydroxyl groups excluding tert-OH is 1. The normalized spacial score (nSPS) is 13.0. The van der Waals surface area contributed by atoms with Gasteiger partial charge in [-0.2, -0.15) is 8.42 Å². The minimum absolute atomic E-state index is 0.00774. The van der Waals surface area contributed by atoms with Crippen molar-refractivity contribution in [2.75, 3.05) is 12.8 Å². The van der Waals surface area contributed by atoms with Crippen molar-refractivity contribution >= 4 is 17.7 Å². The molecule has 0 aliphatic carbocycles. The first kappa shape index (κ1) is 26.3. The Morgan fingerprint density at radius 3 is 1.82 bits per heavy atom. The van der Waals surface area contributed by atoms with Crippen LogP contribution in [0.5, 0.6) is 0 Å². The molecule has 0 aromatic heterocycles. The lowest BCUT2D eigenvalue weighted by atomic mass is 10.2. The Bertz CT molecular complexity index is 1120. The smallest absolute Gasteiger partial charge is 0.331 e. The second-order valence-electron chi connectivity index (χ2n) is 7.85. The molecule has 0 bridgehead atoms. The van der Waals surface area contributed by atoms with Gasteiger partial charge < -0.3 is 14.2 Å². The second kappa shape index (κ2) is 12.4. The van der Waals surface area contributed by atoms with Gasteiger partial charge in [0.05, 0.1) is 37.0 Å². The molecule has 0 radical (unpaired) electrons. The van der Waals surface area contributed by atoms with Gasteiger partial charge in [-0.25, -0.2) is 0 Å². The van der Waals surface area contributed by atoms with E-state index in [1.54, 1.807) is 12.1 Å². The Kier molecular flexibility index (Phi) is 9.59. The first-order valence-corrected chi connectivity index (χ1v) is 14.0. The van der Waals surface area contributed by atoms with Crippen molar-refractivity contribution in [3.8, 4) is 0 Å². The molecule has 9 heteroatoms. The summed E-state index contributed by atoms with van der Waals surface area (Å²) in [5, 5.41) is 10.3. The summed E-state index contributed by atoms with van der Waals surface area (Å²) < 4.78 is 54.4. The van der Waals surface area contributed by atoms with Crippen LogP contribution in [-0.4, -0.2) is 32.4 Å². The van der Waals surface area contributed by atoms with Crippen LogP contribution in [0, 0.1) is 6.92 Å². The molecule has 0 heterocycles. The minimum atomic E-state index is -4.01. The predicted octanol–water partition coefficient (Wildman–Crippen LogP) is 5.08. The number of hydrogen-bond acceptors (Lipinski definition) is 7. The van der Waals surface area contributed by atoms with Crippen LogP contribution in [-0.2, 0) is 41.1 Å². The summed E-state index contributed by atoms with van der Waals surface area (Å²) >= 11 is 0. The van der Waals surface area contributed by atoms with E-state index in [1.165, 1.54) is 12.1 Å². The monoisotopic (exact) mass is 504 g/mol. The zero-order chi connectivity index (χ0) is 24.4. The maximum atomic E-state index is 13.4. The zero-order valence-electron chi connectivity index (χ0n) is 18.9. The van der Waals surface area contributed by atoms with Gasteiger partial charge in [-0.05, 0) is 36.6 Å². The van der Waals surface area contributed by atoms with Crippen LogP contribution in [0.1, 0.15) is 23.1 Å². The number of aliphatic hydroxyl groups is 1. The molecule has 0 aliphatic rings. The summed E-state index contributed by atoms with van der Waals surface area (Å²) in [4.78, 5) is 0.00774. The van der Waals surface area contributed by atoms with Gasteiger partial charge in [0.15, 0.2) is 0 Å². The van der Waals surface area contributed by atoms with Crippen molar-refractivity contribution in [3.63, 3.8) is 0 Å². The van der Waals surface area contributed by atoms with E-state index in [9.17, 15) is 18.1 Å². The maximum absolute atomic E-state index is 13.4. The molecule has 34 heavy (non-hydrogen) atoms. The third kappa shape index (κ3) is 8.47. The molecule has 7 nitrogen and oxygen atoms in total. The average Bonchev–Trinajstić information content (AvgIpc) is 2.86. The Hall–Kier alpha value is -2.32. The average molecular weight is 505 g/mol. The highest BCUT2D eigenvalue weighted by molar-refractivity contribution is 7.86. The zero-order valence-corrected chi connectivity index (χ0v) is 20.7. The van der Waals surface area contributed by atoms with Gasteiger partial charge in [0, 0.05) is 0 Å². The van der Waals surface area contributed by atoms with Crippen molar-refractivity contribution in [2.24, 2.45) is 0 Å². The van der Waals surface area contributed by atoms with Gasteiger partial charge >= 0.3 is 7.60 Å². The molecule has 3 aromatic carbocycles. The number of rotatable bonds is 13. The standard InChI is InChI=1S/C25H29O7PS/c1-21-12-14-25(15-13-21)34(28,29)32-20-24(26)16-17-33(27,30-18-22-8-4-2-5-9-22)31-19-23-10-6-3-7-11-23/h2-15,24,26H,16-20H2,1H3. The molecule has 0 amide bonds. The van der Waals surface area contributed by atoms with E-state index in [0.717, 1.165) is 16.7 Å². The number of hydrogen-bond donors (Lipinski definition) is 1. The predicted molar refractivity (Wildman–Crippen MR) is 130 cm³/mol. The first-order chi connectivity index (χ1) is 16.3. The number of aryl methyl sites for hydroxylation is 1. The van der Waals surface area contributed by atoms with Crippen LogP contribution in [0.2, 0.25) is 0 Å². The summed E-state index contributed by atoms with van der Waals surface area (Å²) in [6.07, 6.45) is -1.29. The van der Waals surface area contributed by atoms with Gasteiger partial charge in [-0.3, -0.25) is 8.75 Å². The molecule has 0 aliphatic heterocycles. The number of benzene rings is 3. The van der Waals surface area contributed by atoms with Gasteiger partial charge in [0.2, 0.25) is 0 Å². The van der Waals surface area contributed by atoms with Crippen molar-refractivity contribution in [1.29, 1.82) is 0 Å². The minimum Gasteiger partial charge on any atom is -0.391 e. The third-order valence-electron chi connectivity index (χ3n) is 5.00. The van der Waals surface area contributed by atoms with E-state index in [2.05, 4.69) is 0 Å². The van der Waals surface area contributed by atoms with E-state index in [-0.39, 0.29) is 30.7 Å². The first-order valence-electron chi connectivity index (χ1n) is 10.9. The summed E-state index contributed by atoms with van der Waals surface area (Å²) in [7, 11) is -7.61. The highest BCUT2D eigenvalue weighted by Crippen LogP contribution is 2.50. The topological polar surface area (TPSA) is 99.1 Å². The van der Waals surface area contributed by atoms with E-state index in [4.69, 9.17) is 13.2 Å². The fraction of sp³-hybridized carbons (Fsp3) is 0.280. The van der Waals surface area contributed by atoms with Crippen LogP contribution >= 0.6 is 7.60 Å². The van der Waals surface area contributed by atoms with Crippen LogP contribution in [0.25, 0.3) is 0 Å². The SMILES string of the molecule is Cc1ccc(S(=O)(=O)OCC(O)CCP(=O)(OCc2ccccc2)OCc2ccccc2)cc1. The van der Waals surface area contributed by atoms with Gasteiger partial charge in [-0.15, -0.1) is 0 Å². The third-order valence-corrected chi connectivity index (χ3v) is 8.15. The van der Waals surface area contributed by atoms with E-state index < -0.39 is 30.4 Å². The van der Waals surface area contributed by atoms with Crippen molar-refractivity contribution in [2.45, 2.75) is 37.6 Å². The molecule has 182 valence electrons. The molecule has 0 fully saturated rings. The van der Waals surface area contributed by atoms with Crippen LogP contribution in [0.15, 0.2) is 89.8 Å². The summed E-state index contributed by atoms with van der Waals surface area (Å²) in [6.45, 7) is 1.55. The lowest BCUT2D eigenvalue weighted by molar-refractivity contribution is 0.104. The molecule has 0 saturated heterocycles. The largest absolute Gasteiger partial charge is 0.391 e. The molecule has 1 N–H and O–H groups in total. The van der Waals surface area contributed by atoms with Crippen molar-refractivity contribution in [1.82, 2.24) is 0 Å².